The van der Waals surface area contributed by atoms with Gasteiger partial charge < -0.3 is 15.2 Å². The first-order valence-corrected chi connectivity index (χ1v) is 4.32. The smallest absolute Gasteiger partial charge is 0.124 e. The van der Waals surface area contributed by atoms with Crippen molar-refractivity contribution in [2.75, 3.05) is 7.11 Å². The first kappa shape index (κ1) is 8.38. The highest BCUT2D eigenvalue weighted by Gasteiger charge is 2.28. The van der Waals surface area contributed by atoms with Crippen molar-refractivity contribution >= 4 is 0 Å². The van der Waals surface area contributed by atoms with Gasteiger partial charge in [0.2, 0.25) is 0 Å². The minimum atomic E-state index is -0.0369. The van der Waals surface area contributed by atoms with Crippen LogP contribution >= 0.6 is 0 Å². The number of fused-ring (bicyclic) bond motifs is 1. The molecule has 70 valence electrons. The Balaban J connectivity index is 2.42. The minimum Gasteiger partial charge on any atom is -0.497 e. The van der Waals surface area contributed by atoms with Crippen LogP contribution in [0.5, 0.6) is 11.5 Å². The van der Waals surface area contributed by atoms with Gasteiger partial charge in [0.1, 0.15) is 17.6 Å². The number of ether oxygens (including phenoxy) is 2. The van der Waals surface area contributed by atoms with Crippen LogP contribution in [0.4, 0.5) is 0 Å². The van der Waals surface area contributed by atoms with E-state index in [4.69, 9.17) is 15.2 Å². The van der Waals surface area contributed by atoms with Crippen molar-refractivity contribution in [1.82, 2.24) is 0 Å². The molecule has 0 aromatic heterocycles. The zero-order valence-electron chi connectivity index (χ0n) is 7.78. The number of hydrogen-bond acceptors (Lipinski definition) is 3. The lowest BCUT2D eigenvalue weighted by molar-refractivity contribution is 0.228. The van der Waals surface area contributed by atoms with E-state index in [2.05, 4.69) is 0 Å². The third-order valence-electron chi connectivity index (χ3n) is 2.39. The number of hydrogen-bond donors (Lipinski definition) is 1. The Morgan fingerprint density at radius 2 is 2.23 bits per heavy atom. The van der Waals surface area contributed by atoms with Crippen LogP contribution in [0, 0.1) is 0 Å². The van der Waals surface area contributed by atoms with E-state index in [1.54, 1.807) is 7.11 Å². The van der Waals surface area contributed by atoms with Crippen LogP contribution in [-0.2, 0) is 0 Å². The normalized spacial score (nSPS) is 25.2. The lowest BCUT2D eigenvalue weighted by Gasteiger charge is -2.07. The third kappa shape index (κ3) is 1.25. The molecule has 0 saturated heterocycles. The first-order chi connectivity index (χ1) is 6.22. The monoisotopic (exact) mass is 179 g/mol. The lowest BCUT2D eigenvalue weighted by atomic mass is 10.1. The molecule has 0 saturated carbocycles. The van der Waals surface area contributed by atoms with Crippen molar-refractivity contribution in [3.8, 4) is 11.5 Å². The van der Waals surface area contributed by atoms with Crippen LogP contribution in [0.1, 0.15) is 18.5 Å². The second-order valence-electron chi connectivity index (χ2n) is 3.25. The fourth-order valence-electron chi connectivity index (χ4n) is 1.55. The SMILES string of the molecule is COc1ccc2c(c1)C(N)C(C)O2. The highest BCUT2D eigenvalue weighted by Crippen LogP contribution is 2.37. The second-order valence-corrected chi connectivity index (χ2v) is 3.25. The molecule has 0 bridgehead atoms. The van der Waals surface area contributed by atoms with Crippen molar-refractivity contribution in [3.05, 3.63) is 23.8 Å². The van der Waals surface area contributed by atoms with Crippen molar-refractivity contribution < 1.29 is 9.47 Å². The van der Waals surface area contributed by atoms with E-state index in [0.717, 1.165) is 17.1 Å². The van der Waals surface area contributed by atoms with Gasteiger partial charge in [0.05, 0.1) is 13.2 Å². The van der Waals surface area contributed by atoms with E-state index in [9.17, 15) is 0 Å². The van der Waals surface area contributed by atoms with E-state index in [0.29, 0.717) is 0 Å². The fourth-order valence-corrected chi connectivity index (χ4v) is 1.55. The van der Waals surface area contributed by atoms with Crippen LogP contribution < -0.4 is 15.2 Å². The van der Waals surface area contributed by atoms with Crippen molar-refractivity contribution in [2.45, 2.75) is 19.1 Å². The zero-order chi connectivity index (χ0) is 9.42. The molecule has 1 aliphatic heterocycles. The Bertz CT molecular complexity index is 325. The summed E-state index contributed by atoms with van der Waals surface area (Å²) in [4.78, 5) is 0. The molecule has 2 atom stereocenters. The Kier molecular flexibility index (Phi) is 1.88. The van der Waals surface area contributed by atoms with Gasteiger partial charge in [-0.3, -0.25) is 0 Å². The molecule has 0 amide bonds. The number of rotatable bonds is 1. The summed E-state index contributed by atoms with van der Waals surface area (Å²) >= 11 is 0. The van der Waals surface area contributed by atoms with Crippen LogP contribution in [0.15, 0.2) is 18.2 Å². The molecule has 0 fully saturated rings. The first-order valence-electron chi connectivity index (χ1n) is 4.32. The molecule has 0 aliphatic carbocycles. The van der Waals surface area contributed by atoms with Gasteiger partial charge in [-0.25, -0.2) is 0 Å². The zero-order valence-corrected chi connectivity index (χ0v) is 7.78. The average molecular weight is 179 g/mol. The van der Waals surface area contributed by atoms with E-state index in [1.165, 1.54) is 0 Å². The predicted octanol–water partition coefficient (Wildman–Crippen LogP) is 1.48. The van der Waals surface area contributed by atoms with Gasteiger partial charge in [0, 0.05) is 5.56 Å². The lowest BCUT2D eigenvalue weighted by Crippen LogP contribution is -2.21. The molecular weight excluding hydrogens is 166 g/mol. The highest BCUT2D eigenvalue weighted by molar-refractivity contribution is 5.45. The maximum Gasteiger partial charge on any atom is 0.124 e. The maximum absolute atomic E-state index is 5.93. The summed E-state index contributed by atoms with van der Waals surface area (Å²) in [5.41, 5.74) is 6.97. The molecule has 2 unspecified atom stereocenters. The Hall–Kier alpha value is -1.22. The van der Waals surface area contributed by atoms with Crippen molar-refractivity contribution in [1.29, 1.82) is 0 Å². The summed E-state index contributed by atoms with van der Waals surface area (Å²) in [5, 5.41) is 0. The van der Waals surface area contributed by atoms with Gasteiger partial charge in [-0.1, -0.05) is 0 Å². The van der Waals surface area contributed by atoms with Crippen molar-refractivity contribution in [3.63, 3.8) is 0 Å². The van der Waals surface area contributed by atoms with Crippen LogP contribution in [0.2, 0.25) is 0 Å². The third-order valence-corrected chi connectivity index (χ3v) is 2.39. The van der Waals surface area contributed by atoms with E-state index in [1.807, 2.05) is 25.1 Å². The summed E-state index contributed by atoms with van der Waals surface area (Å²) in [6, 6.07) is 5.68. The molecule has 0 spiro atoms. The number of methoxy groups -OCH3 is 1. The Labute approximate surface area is 77.5 Å². The molecule has 0 radical (unpaired) electrons. The maximum atomic E-state index is 5.93. The van der Waals surface area contributed by atoms with Gasteiger partial charge in [0.15, 0.2) is 0 Å². The molecule has 1 aromatic rings. The minimum absolute atomic E-state index is 0.0369. The van der Waals surface area contributed by atoms with Crippen LogP contribution in [-0.4, -0.2) is 13.2 Å². The standard InChI is InChI=1S/C10H13NO2/c1-6-10(11)8-5-7(12-2)3-4-9(8)13-6/h3-6,10H,11H2,1-2H3. The largest absolute Gasteiger partial charge is 0.497 e. The number of nitrogens with two attached hydrogens (primary N) is 1. The molecule has 1 aromatic carbocycles. The fraction of sp³-hybridized carbons (Fsp3) is 0.400. The topological polar surface area (TPSA) is 44.5 Å². The quantitative estimate of drug-likeness (QED) is 0.710. The Morgan fingerprint density at radius 1 is 1.46 bits per heavy atom. The van der Waals surface area contributed by atoms with Gasteiger partial charge in [0.25, 0.3) is 0 Å². The van der Waals surface area contributed by atoms with Gasteiger partial charge >= 0.3 is 0 Å². The number of benzene rings is 1. The summed E-state index contributed by atoms with van der Waals surface area (Å²) in [6.45, 7) is 1.97. The van der Waals surface area contributed by atoms with Crippen LogP contribution in [0.25, 0.3) is 0 Å². The summed E-state index contributed by atoms with van der Waals surface area (Å²) in [6.07, 6.45) is 0.0575. The average Bonchev–Trinajstić information content (AvgIpc) is 2.43. The molecule has 2 N–H and O–H groups in total. The molecule has 3 heteroatoms. The predicted molar refractivity (Wildman–Crippen MR) is 50.0 cm³/mol. The van der Waals surface area contributed by atoms with E-state index in [-0.39, 0.29) is 12.1 Å². The summed E-state index contributed by atoms with van der Waals surface area (Å²) in [5.74, 6) is 1.70. The molecule has 3 nitrogen and oxygen atoms in total. The van der Waals surface area contributed by atoms with Gasteiger partial charge in [-0.05, 0) is 25.1 Å². The summed E-state index contributed by atoms with van der Waals surface area (Å²) < 4.78 is 10.6. The Morgan fingerprint density at radius 3 is 2.92 bits per heavy atom. The molecule has 1 heterocycles. The van der Waals surface area contributed by atoms with E-state index < -0.39 is 0 Å². The molecule has 13 heavy (non-hydrogen) atoms. The van der Waals surface area contributed by atoms with Crippen LogP contribution in [0.3, 0.4) is 0 Å². The summed E-state index contributed by atoms with van der Waals surface area (Å²) in [7, 11) is 1.65. The highest BCUT2D eigenvalue weighted by atomic mass is 16.5. The van der Waals surface area contributed by atoms with Gasteiger partial charge in [-0.2, -0.15) is 0 Å². The molecule has 2 rings (SSSR count). The molecule has 1 aliphatic rings. The molecular formula is C10H13NO2. The second kappa shape index (κ2) is 2.92. The van der Waals surface area contributed by atoms with E-state index >= 15 is 0 Å². The van der Waals surface area contributed by atoms with Gasteiger partial charge in [-0.15, -0.1) is 0 Å². The van der Waals surface area contributed by atoms with Crippen molar-refractivity contribution in [2.24, 2.45) is 5.73 Å².